The Labute approximate surface area is 107 Å². The molecule has 2 aromatic rings. The molecule has 0 saturated carbocycles. The van der Waals surface area contributed by atoms with Gasteiger partial charge < -0.3 is 5.32 Å². The highest BCUT2D eigenvalue weighted by Crippen LogP contribution is 2.21. The van der Waals surface area contributed by atoms with Crippen LogP contribution in [0.5, 0.6) is 0 Å². The van der Waals surface area contributed by atoms with Gasteiger partial charge in [-0.05, 0) is 37.2 Å². The summed E-state index contributed by atoms with van der Waals surface area (Å²) in [4.78, 5) is 0. The van der Waals surface area contributed by atoms with Gasteiger partial charge in [0.05, 0.1) is 11.7 Å². The lowest BCUT2D eigenvalue weighted by atomic mass is 10.0. The van der Waals surface area contributed by atoms with Crippen molar-refractivity contribution in [3.05, 3.63) is 53.6 Å². The molecule has 0 aliphatic carbocycles. The Morgan fingerprint density at radius 1 is 1.28 bits per heavy atom. The number of benzene rings is 1. The van der Waals surface area contributed by atoms with Crippen molar-refractivity contribution in [2.45, 2.75) is 25.9 Å². The zero-order valence-corrected chi connectivity index (χ0v) is 10.7. The van der Waals surface area contributed by atoms with Crippen LogP contribution in [0.4, 0.5) is 4.39 Å². The van der Waals surface area contributed by atoms with Gasteiger partial charge in [-0.15, -0.1) is 0 Å². The van der Waals surface area contributed by atoms with Gasteiger partial charge in [0.25, 0.3) is 0 Å². The summed E-state index contributed by atoms with van der Waals surface area (Å²) >= 11 is 0. The molecule has 0 bridgehead atoms. The third kappa shape index (κ3) is 2.59. The maximum Gasteiger partial charge on any atom is 0.123 e. The minimum absolute atomic E-state index is 0.0413. The molecule has 1 atom stereocenters. The first-order valence-electron chi connectivity index (χ1n) is 6.20. The van der Waals surface area contributed by atoms with E-state index in [2.05, 4.69) is 17.3 Å². The predicted molar refractivity (Wildman–Crippen MR) is 69.8 cm³/mol. The number of nitrogens with zero attached hydrogens (tertiary/aromatic N) is 2. The molecule has 1 N–H and O–H groups in total. The van der Waals surface area contributed by atoms with Gasteiger partial charge in [-0.25, -0.2) is 4.39 Å². The SMILES string of the molecule is CCCn1nccc1C(NC)c1ccc(F)cc1. The normalized spacial score (nSPS) is 12.6. The molecule has 96 valence electrons. The first kappa shape index (κ1) is 12.8. The molecular formula is C14H18FN3. The smallest absolute Gasteiger partial charge is 0.123 e. The van der Waals surface area contributed by atoms with E-state index in [1.807, 2.05) is 17.8 Å². The average molecular weight is 247 g/mol. The van der Waals surface area contributed by atoms with Crippen LogP contribution in [0.25, 0.3) is 0 Å². The van der Waals surface area contributed by atoms with Gasteiger partial charge in [-0.2, -0.15) is 5.10 Å². The van der Waals surface area contributed by atoms with E-state index in [9.17, 15) is 4.39 Å². The Morgan fingerprint density at radius 3 is 2.61 bits per heavy atom. The van der Waals surface area contributed by atoms with Crippen LogP contribution in [-0.4, -0.2) is 16.8 Å². The van der Waals surface area contributed by atoms with Crippen molar-refractivity contribution >= 4 is 0 Å². The van der Waals surface area contributed by atoms with Crippen molar-refractivity contribution in [2.24, 2.45) is 0 Å². The molecule has 1 aromatic heterocycles. The second kappa shape index (κ2) is 5.78. The van der Waals surface area contributed by atoms with Crippen molar-refractivity contribution in [1.82, 2.24) is 15.1 Å². The third-order valence-electron chi connectivity index (χ3n) is 2.97. The van der Waals surface area contributed by atoms with E-state index in [0.717, 1.165) is 24.2 Å². The van der Waals surface area contributed by atoms with E-state index >= 15 is 0 Å². The molecule has 1 heterocycles. The fourth-order valence-corrected chi connectivity index (χ4v) is 2.13. The maximum atomic E-state index is 13.0. The predicted octanol–water partition coefficient (Wildman–Crippen LogP) is 2.74. The van der Waals surface area contributed by atoms with Crippen molar-refractivity contribution in [1.29, 1.82) is 0 Å². The van der Waals surface area contributed by atoms with Gasteiger partial charge in [0.2, 0.25) is 0 Å². The number of aromatic nitrogens is 2. The molecule has 0 spiro atoms. The first-order chi connectivity index (χ1) is 8.76. The molecular weight excluding hydrogens is 229 g/mol. The highest BCUT2D eigenvalue weighted by atomic mass is 19.1. The first-order valence-corrected chi connectivity index (χ1v) is 6.20. The van der Waals surface area contributed by atoms with E-state index in [4.69, 9.17) is 0 Å². The Balaban J connectivity index is 2.32. The maximum absolute atomic E-state index is 13.0. The highest BCUT2D eigenvalue weighted by molar-refractivity contribution is 5.27. The number of hydrogen-bond acceptors (Lipinski definition) is 2. The molecule has 1 unspecified atom stereocenters. The lowest BCUT2D eigenvalue weighted by Crippen LogP contribution is -2.21. The summed E-state index contributed by atoms with van der Waals surface area (Å²) in [6.07, 6.45) is 2.84. The topological polar surface area (TPSA) is 29.9 Å². The van der Waals surface area contributed by atoms with Gasteiger partial charge >= 0.3 is 0 Å². The average Bonchev–Trinajstić information content (AvgIpc) is 2.82. The number of halogens is 1. The lowest BCUT2D eigenvalue weighted by molar-refractivity contribution is 0.534. The Morgan fingerprint density at radius 2 is 2.00 bits per heavy atom. The molecule has 0 saturated heterocycles. The molecule has 0 aliphatic rings. The van der Waals surface area contributed by atoms with E-state index in [0.29, 0.717) is 0 Å². The summed E-state index contributed by atoms with van der Waals surface area (Å²) in [5.74, 6) is -0.212. The summed E-state index contributed by atoms with van der Waals surface area (Å²) in [6.45, 7) is 3.01. The minimum atomic E-state index is -0.212. The summed E-state index contributed by atoms with van der Waals surface area (Å²) < 4.78 is 14.9. The van der Waals surface area contributed by atoms with E-state index < -0.39 is 0 Å². The highest BCUT2D eigenvalue weighted by Gasteiger charge is 2.16. The van der Waals surface area contributed by atoms with Crippen LogP contribution in [0, 0.1) is 5.82 Å². The van der Waals surface area contributed by atoms with Crippen LogP contribution in [-0.2, 0) is 6.54 Å². The second-order valence-corrected chi connectivity index (χ2v) is 4.25. The zero-order valence-electron chi connectivity index (χ0n) is 10.7. The summed E-state index contributed by atoms with van der Waals surface area (Å²) in [7, 11) is 1.90. The molecule has 0 radical (unpaired) electrons. The molecule has 2 rings (SSSR count). The van der Waals surface area contributed by atoms with Crippen molar-refractivity contribution in [3.8, 4) is 0 Å². The largest absolute Gasteiger partial charge is 0.308 e. The lowest BCUT2D eigenvalue weighted by Gasteiger charge is -2.18. The van der Waals surface area contributed by atoms with Crippen LogP contribution in [0.15, 0.2) is 36.5 Å². The molecule has 1 aromatic carbocycles. The van der Waals surface area contributed by atoms with Gasteiger partial charge in [-0.3, -0.25) is 4.68 Å². The van der Waals surface area contributed by atoms with Gasteiger partial charge in [0, 0.05) is 12.7 Å². The quantitative estimate of drug-likeness (QED) is 0.880. The molecule has 0 aliphatic heterocycles. The fourth-order valence-electron chi connectivity index (χ4n) is 2.13. The standard InChI is InChI=1S/C14H18FN3/c1-3-10-18-13(8-9-17-18)14(16-2)11-4-6-12(15)7-5-11/h4-9,14,16H,3,10H2,1-2H3. The van der Waals surface area contributed by atoms with Crippen LogP contribution in [0.1, 0.15) is 30.6 Å². The van der Waals surface area contributed by atoms with Crippen molar-refractivity contribution in [3.63, 3.8) is 0 Å². The number of aryl methyl sites for hydroxylation is 1. The Hall–Kier alpha value is -1.68. The number of hydrogen-bond donors (Lipinski definition) is 1. The summed E-state index contributed by atoms with van der Waals surface area (Å²) in [5, 5.41) is 7.58. The van der Waals surface area contributed by atoms with E-state index in [-0.39, 0.29) is 11.9 Å². The number of nitrogens with one attached hydrogen (secondary N) is 1. The summed E-state index contributed by atoms with van der Waals surface area (Å²) in [6, 6.07) is 8.62. The minimum Gasteiger partial charge on any atom is -0.308 e. The van der Waals surface area contributed by atoms with Gasteiger partial charge in [0.15, 0.2) is 0 Å². The third-order valence-corrected chi connectivity index (χ3v) is 2.97. The monoisotopic (exact) mass is 247 g/mol. The molecule has 18 heavy (non-hydrogen) atoms. The zero-order chi connectivity index (χ0) is 13.0. The van der Waals surface area contributed by atoms with Gasteiger partial charge in [-0.1, -0.05) is 19.1 Å². The Bertz CT molecular complexity index is 490. The van der Waals surface area contributed by atoms with Gasteiger partial charge in [0.1, 0.15) is 5.82 Å². The second-order valence-electron chi connectivity index (χ2n) is 4.25. The number of rotatable bonds is 5. The van der Waals surface area contributed by atoms with Crippen LogP contribution in [0.3, 0.4) is 0 Å². The summed E-state index contributed by atoms with van der Waals surface area (Å²) in [5.41, 5.74) is 2.14. The van der Waals surface area contributed by atoms with Crippen molar-refractivity contribution < 1.29 is 4.39 Å². The Kier molecular flexibility index (Phi) is 4.10. The van der Waals surface area contributed by atoms with E-state index in [1.165, 1.54) is 12.1 Å². The fraction of sp³-hybridized carbons (Fsp3) is 0.357. The molecule has 4 heteroatoms. The van der Waals surface area contributed by atoms with E-state index in [1.54, 1.807) is 18.3 Å². The molecule has 0 amide bonds. The van der Waals surface area contributed by atoms with Crippen LogP contribution in [0.2, 0.25) is 0 Å². The van der Waals surface area contributed by atoms with Crippen LogP contribution < -0.4 is 5.32 Å². The molecule has 0 fully saturated rings. The van der Waals surface area contributed by atoms with Crippen molar-refractivity contribution in [2.75, 3.05) is 7.05 Å². The van der Waals surface area contributed by atoms with Crippen LogP contribution >= 0.6 is 0 Å². The molecule has 3 nitrogen and oxygen atoms in total.